The fourth-order valence-electron chi connectivity index (χ4n) is 4.23. The Kier molecular flexibility index (Phi) is 6.08. The van der Waals surface area contributed by atoms with E-state index in [0.717, 1.165) is 16.5 Å². The van der Waals surface area contributed by atoms with Crippen molar-refractivity contribution in [3.63, 3.8) is 0 Å². The zero-order valence-corrected chi connectivity index (χ0v) is 16.1. The molecule has 0 aliphatic carbocycles. The molecule has 20 heavy (non-hydrogen) atoms. The van der Waals surface area contributed by atoms with Crippen LogP contribution in [0.2, 0.25) is 0 Å². The molecule has 0 radical (unpaired) electrons. The van der Waals surface area contributed by atoms with Gasteiger partial charge in [0.05, 0.1) is 0 Å². The van der Waals surface area contributed by atoms with Gasteiger partial charge in [-0.3, -0.25) is 9.80 Å². The Morgan fingerprint density at radius 2 is 1.20 bits per heavy atom. The average Bonchev–Trinajstić information content (AvgIpc) is 2.38. The van der Waals surface area contributed by atoms with Crippen molar-refractivity contribution < 1.29 is 4.74 Å². The highest BCUT2D eigenvalue weighted by molar-refractivity contribution is 6.08. The van der Waals surface area contributed by atoms with E-state index in [1.165, 1.54) is 38.5 Å². The molecule has 2 saturated heterocycles. The third-order valence-corrected chi connectivity index (χ3v) is 5.68. The highest BCUT2D eigenvalue weighted by Gasteiger charge is 2.39. The number of hydrogen-bond acceptors (Lipinski definition) is 3. The third-order valence-electron chi connectivity index (χ3n) is 5.35. The number of ether oxygens (including phenoxy) is 1. The average molecular weight is 299 g/mol. The second-order valence-electron chi connectivity index (χ2n) is 6.93. The number of piperidine rings is 2. The Hall–Kier alpha value is 0.0969. The van der Waals surface area contributed by atoms with E-state index < -0.39 is 0 Å². The lowest BCUT2D eigenvalue weighted by atomic mass is 9.95. The van der Waals surface area contributed by atoms with Crippen molar-refractivity contribution in [3.05, 3.63) is 0 Å². The summed E-state index contributed by atoms with van der Waals surface area (Å²) in [4.78, 5) is 5.33. The Bertz CT molecular complexity index is 256. The fourth-order valence-corrected chi connectivity index (χ4v) is 4.53. The van der Waals surface area contributed by atoms with Crippen LogP contribution in [0.5, 0.6) is 0 Å². The second-order valence-corrected chi connectivity index (χ2v) is 7.51. The number of hydrogen-bond donors (Lipinski definition) is 0. The van der Waals surface area contributed by atoms with Gasteiger partial charge in [0.15, 0.2) is 6.35 Å². The van der Waals surface area contributed by atoms with Gasteiger partial charge in [0.1, 0.15) is 0 Å². The van der Waals surface area contributed by atoms with Crippen molar-refractivity contribution in [2.24, 2.45) is 0 Å². The van der Waals surface area contributed by atoms with E-state index in [2.05, 4.69) is 37.5 Å². The Morgan fingerprint density at radius 3 is 1.50 bits per heavy atom. The molecule has 0 aromatic rings. The quantitative estimate of drug-likeness (QED) is 0.740. The van der Waals surface area contributed by atoms with Crippen molar-refractivity contribution in [1.82, 2.24) is 9.80 Å². The van der Waals surface area contributed by atoms with Gasteiger partial charge in [0, 0.05) is 40.6 Å². The van der Waals surface area contributed by atoms with E-state index in [-0.39, 0.29) is 6.35 Å². The zero-order valence-electron chi connectivity index (χ0n) is 14.1. The molecule has 2 rings (SSSR count). The van der Waals surface area contributed by atoms with Gasteiger partial charge in [0.25, 0.3) is 0 Å². The largest absolute Gasteiger partial charge is 0.354 e. The molecule has 0 N–H and O–H groups in total. The van der Waals surface area contributed by atoms with Crippen molar-refractivity contribution in [1.29, 1.82) is 0 Å². The fraction of sp³-hybridized carbons (Fsp3) is 1.00. The number of likely N-dealkylation sites (tertiary alicyclic amines) is 2. The molecule has 118 valence electrons. The van der Waals surface area contributed by atoms with Gasteiger partial charge < -0.3 is 4.74 Å². The number of rotatable bonds is 4. The minimum atomic E-state index is 0.211. The minimum absolute atomic E-state index is 0.211. The summed E-state index contributed by atoms with van der Waals surface area (Å²) in [5.74, 6) is 0. The van der Waals surface area contributed by atoms with E-state index >= 15 is 0 Å². The van der Waals surface area contributed by atoms with Crippen LogP contribution in [0.1, 0.15) is 66.2 Å². The van der Waals surface area contributed by atoms with Crippen LogP contribution in [0.25, 0.3) is 0 Å². The van der Waals surface area contributed by atoms with Crippen LogP contribution >= 0.6 is 0 Å². The maximum atomic E-state index is 6.32. The summed E-state index contributed by atoms with van der Waals surface area (Å²) in [5.41, 5.74) is 0. The molecule has 0 amide bonds. The summed E-state index contributed by atoms with van der Waals surface area (Å²) in [7, 11) is 1.13. The van der Waals surface area contributed by atoms with Crippen molar-refractivity contribution in [3.8, 4) is 0 Å². The van der Waals surface area contributed by atoms with Crippen LogP contribution < -0.4 is 0 Å². The van der Waals surface area contributed by atoms with Crippen molar-refractivity contribution in [2.75, 3.05) is 6.23 Å². The van der Waals surface area contributed by atoms with Crippen LogP contribution in [-0.4, -0.2) is 56.8 Å². The molecule has 0 saturated carbocycles. The number of nitrogens with zero attached hydrogens (tertiary/aromatic N) is 2. The summed E-state index contributed by atoms with van der Waals surface area (Å²) in [6.07, 6.45) is 9.18. The molecule has 2 fully saturated rings. The standard InChI is InChI=1S/C16H34N2OSi/c1-12-7-5-8-13(2)17(12)16(19-11-20)18-14(3)9-6-10-15(18)4/h12-16H,5-11H2,1-4,20H3. The van der Waals surface area contributed by atoms with Crippen molar-refractivity contribution in [2.45, 2.75) is 96.7 Å². The summed E-state index contributed by atoms with van der Waals surface area (Å²) >= 11 is 0. The maximum absolute atomic E-state index is 6.32. The molecule has 4 atom stereocenters. The van der Waals surface area contributed by atoms with Crippen LogP contribution in [0.3, 0.4) is 0 Å². The van der Waals surface area contributed by atoms with Crippen LogP contribution in [0.15, 0.2) is 0 Å². The predicted octanol–water partition coefficient (Wildman–Crippen LogP) is 2.14. The van der Waals surface area contributed by atoms with Gasteiger partial charge >= 0.3 is 0 Å². The third kappa shape index (κ3) is 3.46. The van der Waals surface area contributed by atoms with Crippen molar-refractivity contribution >= 4 is 10.2 Å². The monoisotopic (exact) mass is 298 g/mol. The lowest BCUT2D eigenvalue weighted by Gasteiger charge is -2.52. The lowest BCUT2D eigenvalue weighted by Crippen LogP contribution is -2.62. The zero-order chi connectivity index (χ0) is 14.7. The van der Waals surface area contributed by atoms with Crippen LogP contribution in [0.4, 0.5) is 0 Å². The molecule has 2 aliphatic heterocycles. The molecular formula is C16H34N2OSi. The minimum Gasteiger partial charge on any atom is -0.354 e. The first-order chi connectivity index (χ1) is 9.56. The topological polar surface area (TPSA) is 15.7 Å². The normalized spacial score (nSPS) is 39.0. The molecule has 0 aromatic heterocycles. The van der Waals surface area contributed by atoms with Gasteiger partial charge in [0.2, 0.25) is 0 Å². The van der Waals surface area contributed by atoms with Gasteiger partial charge in [-0.05, 0) is 53.4 Å². The van der Waals surface area contributed by atoms with Gasteiger partial charge in [-0.1, -0.05) is 12.8 Å². The second kappa shape index (κ2) is 7.39. The Morgan fingerprint density at radius 1 is 0.850 bits per heavy atom. The molecule has 2 aliphatic rings. The van der Waals surface area contributed by atoms with E-state index in [9.17, 15) is 0 Å². The van der Waals surface area contributed by atoms with E-state index in [1.807, 2.05) is 0 Å². The maximum Gasteiger partial charge on any atom is 0.168 e. The highest BCUT2D eigenvalue weighted by Crippen LogP contribution is 2.32. The Balaban J connectivity index is 2.19. The first-order valence-corrected chi connectivity index (χ1v) is 10.1. The van der Waals surface area contributed by atoms with E-state index in [0.29, 0.717) is 24.2 Å². The molecule has 0 aromatic carbocycles. The molecule has 4 heteroatoms. The summed E-state index contributed by atoms with van der Waals surface area (Å²) in [5, 5.41) is 0. The first-order valence-electron chi connectivity index (χ1n) is 8.72. The smallest absolute Gasteiger partial charge is 0.168 e. The van der Waals surface area contributed by atoms with Crippen LogP contribution in [-0.2, 0) is 4.74 Å². The molecule has 4 unspecified atom stereocenters. The van der Waals surface area contributed by atoms with Gasteiger partial charge in [-0.2, -0.15) is 0 Å². The van der Waals surface area contributed by atoms with Crippen LogP contribution in [0, 0.1) is 0 Å². The summed E-state index contributed by atoms with van der Waals surface area (Å²) in [6.45, 7) is 9.55. The lowest BCUT2D eigenvalue weighted by molar-refractivity contribution is -0.204. The summed E-state index contributed by atoms with van der Waals surface area (Å²) < 4.78 is 6.32. The summed E-state index contributed by atoms with van der Waals surface area (Å²) in [6, 6.07) is 2.60. The van der Waals surface area contributed by atoms with E-state index in [1.54, 1.807) is 0 Å². The first kappa shape index (κ1) is 16.5. The van der Waals surface area contributed by atoms with Gasteiger partial charge in [-0.25, -0.2) is 0 Å². The molecule has 3 nitrogen and oxygen atoms in total. The highest BCUT2D eigenvalue weighted by atomic mass is 28.1. The SMILES string of the molecule is CC1CCCC(C)N1C(OC[SiH3])N1C(C)CCCC1C. The van der Waals surface area contributed by atoms with Gasteiger partial charge in [-0.15, -0.1) is 0 Å². The molecule has 0 bridgehead atoms. The molecule has 0 spiro atoms. The molecular weight excluding hydrogens is 264 g/mol. The van der Waals surface area contributed by atoms with E-state index in [4.69, 9.17) is 4.74 Å². The Labute approximate surface area is 128 Å². The molecule has 2 heterocycles. The predicted molar refractivity (Wildman–Crippen MR) is 88.9 cm³/mol.